The van der Waals surface area contributed by atoms with Crippen molar-refractivity contribution in [2.75, 3.05) is 53.2 Å². The van der Waals surface area contributed by atoms with E-state index in [-0.39, 0.29) is 29.7 Å². The Balaban J connectivity index is 1.90. The van der Waals surface area contributed by atoms with Gasteiger partial charge in [-0.3, -0.25) is 19.5 Å². The number of hydrazine groups is 1. The molecule has 6 N–H and O–H groups in total. The van der Waals surface area contributed by atoms with Crippen LogP contribution in [0.3, 0.4) is 0 Å². The molecule has 1 saturated heterocycles. The number of aliphatic hydroxyl groups excluding tert-OH is 1. The standard InChI is InChI=1S/C35H49N5O6/c1-7-8-9-10-28-24(2)31(46-18-15-39-13-16-45-17-14-39)12-11-29(28)33(42)34(43)38-27-19-25(35(3,4)5)20-30(32(21-27)44-6)40(37)22-26(36)23-41/h7-12,19-20,22,41H,13-18,21,23,36-37H2,1-6H3,(H,38,43)/b8-7-,10-9-,26-22-. The highest BCUT2D eigenvalue weighted by molar-refractivity contribution is 6.43. The van der Waals surface area contributed by atoms with Gasteiger partial charge < -0.3 is 30.4 Å². The molecule has 11 nitrogen and oxygen atoms in total. The molecule has 1 aliphatic carbocycles. The van der Waals surface area contributed by atoms with Crippen molar-refractivity contribution in [1.82, 2.24) is 15.2 Å². The third-order valence-electron chi connectivity index (χ3n) is 7.66. The maximum atomic E-state index is 13.7. The molecule has 1 aliphatic heterocycles. The third kappa shape index (κ3) is 9.92. The summed E-state index contributed by atoms with van der Waals surface area (Å²) in [6.07, 6.45) is 12.6. The number of methoxy groups -OCH3 is 1. The lowest BCUT2D eigenvalue weighted by Crippen LogP contribution is -2.38. The van der Waals surface area contributed by atoms with Crippen molar-refractivity contribution in [3.05, 3.63) is 93.8 Å². The lowest BCUT2D eigenvalue weighted by atomic mass is 9.85. The van der Waals surface area contributed by atoms with E-state index in [0.29, 0.717) is 35.1 Å². The minimum absolute atomic E-state index is 0.143. The van der Waals surface area contributed by atoms with Crippen LogP contribution >= 0.6 is 0 Å². The first-order chi connectivity index (χ1) is 21.9. The van der Waals surface area contributed by atoms with E-state index in [1.807, 2.05) is 71.1 Å². The highest BCUT2D eigenvalue weighted by atomic mass is 16.5. The number of benzene rings is 1. The first-order valence-corrected chi connectivity index (χ1v) is 15.4. The summed E-state index contributed by atoms with van der Waals surface area (Å²) in [7, 11) is 1.50. The number of hydrogen-bond donors (Lipinski definition) is 4. The normalized spacial score (nSPS) is 16.7. The number of Topliss-reactive ketones (excluding diaryl/α,β-unsaturated/α-hetero) is 1. The van der Waals surface area contributed by atoms with Gasteiger partial charge in [0.1, 0.15) is 18.1 Å². The molecule has 1 aromatic rings. The smallest absolute Gasteiger partial charge is 0.296 e. The average Bonchev–Trinajstić information content (AvgIpc) is 3.22. The van der Waals surface area contributed by atoms with Crippen LogP contribution in [0.15, 0.2) is 77.1 Å². The van der Waals surface area contributed by atoms with E-state index in [4.69, 9.17) is 25.8 Å². The molecule has 0 saturated carbocycles. The molecule has 1 fully saturated rings. The maximum absolute atomic E-state index is 13.7. The van der Waals surface area contributed by atoms with Crippen molar-refractivity contribution in [3.8, 4) is 5.75 Å². The molecule has 250 valence electrons. The summed E-state index contributed by atoms with van der Waals surface area (Å²) in [6, 6.07) is 3.38. The van der Waals surface area contributed by atoms with Crippen LogP contribution < -0.4 is 21.6 Å². The fraction of sp³-hybridized carbons (Fsp3) is 0.429. The number of nitrogens with zero attached hydrogens (tertiary/aromatic N) is 2. The zero-order chi connectivity index (χ0) is 33.9. The molecule has 0 unspecified atom stereocenters. The number of morpholine rings is 1. The summed E-state index contributed by atoms with van der Waals surface area (Å²) in [5, 5.41) is 13.5. The Hall–Kier alpha value is -4.16. The lowest BCUT2D eigenvalue weighted by molar-refractivity contribution is -0.116. The zero-order valence-corrected chi connectivity index (χ0v) is 27.9. The molecule has 1 aromatic carbocycles. The molecule has 2 aliphatic rings. The molecule has 1 heterocycles. The van der Waals surface area contributed by atoms with Gasteiger partial charge in [0, 0.05) is 43.5 Å². The van der Waals surface area contributed by atoms with Gasteiger partial charge in [0.2, 0.25) is 0 Å². The molecule has 3 rings (SSSR count). The van der Waals surface area contributed by atoms with Crippen LogP contribution in [0.2, 0.25) is 0 Å². The number of aliphatic hydroxyl groups is 1. The number of ether oxygens (including phenoxy) is 3. The summed E-state index contributed by atoms with van der Waals surface area (Å²) in [4.78, 5) is 29.6. The summed E-state index contributed by atoms with van der Waals surface area (Å²) in [5.41, 5.74) is 9.03. The Kier molecular flexibility index (Phi) is 13.4. The first kappa shape index (κ1) is 36.3. The van der Waals surface area contributed by atoms with E-state index in [9.17, 15) is 14.7 Å². The molecule has 0 atom stereocenters. The van der Waals surface area contributed by atoms with Gasteiger partial charge >= 0.3 is 0 Å². The van der Waals surface area contributed by atoms with Crippen LogP contribution in [-0.2, 0) is 14.3 Å². The van der Waals surface area contributed by atoms with E-state index in [1.54, 1.807) is 12.1 Å². The number of nitrogens with two attached hydrogens (primary N) is 2. The highest BCUT2D eigenvalue weighted by Gasteiger charge is 2.27. The minimum atomic E-state index is -0.784. The van der Waals surface area contributed by atoms with Crippen LogP contribution in [0.5, 0.6) is 5.75 Å². The Morgan fingerprint density at radius 1 is 1.17 bits per heavy atom. The number of allylic oxidation sites excluding steroid dienone is 6. The summed E-state index contributed by atoms with van der Waals surface area (Å²) >= 11 is 0. The fourth-order valence-corrected chi connectivity index (χ4v) is 4.94. The van der Waals surface area contributed by atoms with Gasteiger partial charge in [-0.15, -0.1) is 0 Å². The molecule has 46 heavy (non-hydrogen) atoms. The molecule has 1 amide bonds. The van der Waals surface area contributed by atoms with Crippen molar-refractivity contribution in [1.29, 1.82) is 0 Å². The van der Waals surface area contributed by atoms with Crippen LogP contribution in [0.25, 0.3) is 6.08 Å². The number of carbonyl (C=O) groups excluding carboxylic acids is 2. The highest BCUT2D eigenvalue weighted by Crippen LogP contribution is 2.34. The second-order valence-corrected chi connectivity index (χ2v) is 12.1. The summed E-state index contributed by atoms with van der Waals surface area (Å²) in [5.74, 6) is 5.91. The molecular weight excluding hydrogens is 586 g/mol. The predicted molar refractivity (Wildman–Crippen MR) is 180 cm³/mol. The SMILES string of the molecule is C/C=C\C=C/c1c(C(=O)C(=O)NC2=CC(C(C)(C)C)=CC(N(N)/C=C(\N)CO)=C(OC)C2)ccc(OCCN2CCOCC2)c1C. The maximum Gasteiger partial charge on any atom is 0.296 e. The number of nitrogens with one attached hydrogen (secondary N) is 1. The summed E-state index contributed by atoms with van der Waals surface area (Å²) < 4.78 is 17.2. The second kappa shape index (κ2) is 17.0. The number of ketones is 1. The van der Waals surface area contributed by atoms with Gasteiger partial charge in [0.05, 0.1) is 38.3 Å². The second-order valence-electron chi connectivity index (χ2n) is 12.1. The fourth-order valence-electron chi connectivity index (χ4n) is 4.94. The van der Waals surface area contributed by atoms with Gasteiger partial charge in [-0.2, -0.15) is 0 Å². The van der Waals surface area contributed by atoms with E-state index in [0.717, 1.165) is 44.0 Å². The Morgan fingerprint density at radius 2 is 1.89 bits per heavy atom. The minimum Gasteiger partial charge on any atom is -0.498 e. The third-order valence-corrected chi connectivity index (χ3v) is 7.66. The molecule has 11 heteroatoms. The van der Waals surface area contributed by atoms with E-state index in [1.165, 1.54) is 18.3 Å². The van der Waals surface area contributed by atoms with Gasteiger partial charge in [-0.25, -0.2) is 5.84 Å². The Labute approximate surface area is 272 Å². The van der Waals surface area contributed by atoms with Gasteiger partial charge in [0.25, 0.3) is 11.7 Å². The van der Waals surface area contributed by atoms with Gasteiger partial charge in [0.15, 0.2) is 0 Å². The predicted octanol–water partition coefficient (Wildman–Crippen LogP) is 3.68. The number of hydrogen-bond acceptors (Lipinski definition) is 10. The molecule has 0 bridgehead atoms. The van der Waals surface area contributed by atoms with E-state index < -0.39 is 11.7 Å². The van der Waals surface area contributed by atoms with E-state index >= 15 is 0 Å². The van der Waals surface area contributed by atoms with Crippen LogP contribution in [-0.4, -0.2) is 79.9 Å². The largest absolute Gasteiger partial charge is 0.498 e. The van der Waals surface area contributed by atoms with Crippen molar-refractivity contribution in [2.24, 2.45) is 17.0 Å². The number of carbonyl (C=O) groups is 2. The Morgan fingerprint density at radius 3 is 2.52 bits per heavy atom. The van der Waals surface area contributed by atoms with E-state index in [2.05, 4.69) is 10.2 Å². The zero-order valence-electron chi connectivity index (χ0n) is 27.9. The molecule has 0 spiro atoms. The first-order valence-electron chi connectivity index (χ1n) is 15.4. The topological polar surface area (TPSA) is 153 Å². The van der Waals surface area contributed by atoms with Crippen LogP contribution in [0.4, 0.5) is 0 Å². The van der Waals surface area contributed by atoms with Crippen LogP contribution in [0, 0.1) is 12.3 Å². The quantitative estimate of drug-likeness (QED) is 0.0830. The molecule has 0 aromatic heterocycles. The van der Waals surface area contributed by atoms with Crippen LogP contribution in [0.1, 0.15) is 55.6 Å². The van der Waals surface area contributed by atoms with Crippen molar-refractivity contribution < 1.29 is 28.9 Å². The van der Waals surface area contributed by atoms with Crippen molar-refractivity contribution in [2.45, 2.75) is 41.0 Å². The average molecular weight is 636 g/mol. The Bertz CT molecular complexity index is 1440. The molecule has 0 radical (unpaired) electrons. The number of rotatable bonds is 13. The molecular formula is C35H49N5O6. The van der Waals surface area contributed by atoms with Gasteiger partial charge in [-0.1, -0.05) is 45.1 Å². The number of amides is 1. The monoisotopic (exact) mass is 635 g/mol. The van der Waals surface area contributed by atoms with Gasteiger partial charge in [-0.05, 0) is 60.2 Å². The summed E-state index contributed by atoms with van der Waals surface area (Å²) in [6.45, 7) is 13.9. The van der Waals surface area contributed by atoms with Crippen molar-refractivity contribution in [3.63, 3.8) is 0 Å². The lowest BCUT2D eigenvalue weighted by Gasteiger charge is -2.26. The van der Waals surface area contributed by atoms with Crippen molar-refractivity contribution >= 4 is 17.8 Å².